The number of amides is 3. The smallest absolute Gasteiger partial charge is 0.271 e. The summed E-state index contributed by atoms with van der Waals surface area (Å²) >= 11 is 1.36. The Kier molecular flexibility index (Phi) is 5.76. The number of hydrogen-bond donors (Lipinski definition) is 3. The van der Waals surface area contributed by atoms with Gasteiger partial charge in [-0.1, -0.05) is 24.3 Å². The van der Waals surface area contributed by atoms with Gasteiger partial charge in [0.1, 0.15) is 11.8 Å². The summed E-state index contributed by atoms with van der Waals surface area (Å²) < 4.78 is 0. The molecule has 1 aliphatic rings. The van der Waals surface area contributed by atoms with Crippen molar-refractivity contribution < 1.29 is 14.4 Å². The van der Waals surface area contributed by atoms with Gasteiger partial charge < -0.3 is 16.4 Å². The fourth-order valence-electron chi connectivity index (χ4n) is 3.13. The number of benzene rings is 2. The summed E-state index contributed by atoms with van der Waals surface area (Å²) in [6, 6.07) is 18.7. The first-order chi connectivity index (χ1) is 15.0. The van der Waals surface area contributed by atoms with Crippen molar-refractivity contribution in [3.8, 4) is 0 Å². The minimum atomic E-state index is -0.724. The topological polar surface area (TPSA) is 117 Å². The van der Waals surface area contributed by atoms with Gasteiger partial charge in [0.2, 0.25) is 5.91 Å². The van der Waals surface area contributed by atoms with Gasteiger partial charge in [0.05, 0.1) is 10.6 Å². The number of hydrogen-bond acceptors (Lipinski definition) is 6. The molecule has 0 bridgehead atoms. The van der Waals surface area contributed by atoms with E-state index in [2.05, 4.69) is 15.7 Å². The quantitative estimate of drug-likeness (QED) is 0.554. The number of carbonyl (C=O) groups excluding carboxylic acids is 3. The SMILES string of the molecule is NC(=O)C1CC(C(=O)Nc2ccc(NC(=O)c3cccs3)cc2)=NN1c1ccccc1. The first-order valence-corrected chi connectivity index (χ1v) is 10.4. The minimum Gasteiger partial charge on any atom is -0.368 e. The molecule has 0 radical (unpaired) electrons. The molecule has 0 fully saturated rings. The Labute approximate surface area is 182 Å². The summed E-state index contributed by atoms with van der Waals surface area (Å²) in [5.41, 5.74) is 7.55. The molecule has 4 N–H and O–H groups in total. The Morgan fingerprint density at radius 3 is 2.13 bits per heavy atom. The van der Waals surface area contributed by atoms with E-state index >= 15 is 0 Å². The average Bonchev–Trinajstić information content (AvgIpc) is 3.46. The van der Waals surface area contributed by atoms with E-state index in [0.29, 0.717) is 21.9 Å². The molecule has 1 aliphatic heterocycles. The van der Waals surface area contributed by atoms with Crippen molar-refractivity contribution in [1.82, 2.24) is 0 Å². The van der Waals surface area contributed by atoms with Crippen LogP contribution in [0.1, 0.15) is 16.1 Å². The molecule has 3 aromatic rings. The molecular formula is C22H19N5O3S. The lowest BCUT2D eigenvalue weighted by molar-refractivity contribution is -0.119. The molecular weight excluding hydrogens is 414 g/mol. The lowest BCUT2D eigenvalue weighted by atomic mass is 10.1. The van der Waals surface area contributed by atoms with Crippen LogP contribution < -0.4 is 21.4 Å². The van der Waals surface area contributed by atoms with Gasteiger partial charge >= 0.3 is 0 Å². The maximum Gasteiger partial charge on any atom is 0.271 e. The number of primary amides is 1. The van der Waals surface area contributed by atoms with Crippen LogP contribution in [0.25, 0.3) is 0 Å². The highest BCUT2D eigenvalue weighted by molar-refractivity contribution is 7.12. The first kappa shape index (κ1) is 20.3. The lowest BCUT2D eigenvalue weighted by Crippen LogP contribution is -2.39. The van der Waals surface area contributed by atoms with E-state index in [1.54, 1.807) is 42.5 Å². The second-order valence-corrected chi connectivity index (χ2v) is 7.76. The van der Waals surface area contributed by atoms with Crippen molar-refractivity contribution in [2.45, 2.75) is 12.5 Å². The molecule has 31 heavy (non-hydrogen) atoms. The summed E-state index contributed by atoms with van der Waals surface area (Å²) in [4.78, 5) is 37.3. The van der Waals surface area contributed by atoms with Gasteiger partial charge in [-0.2, -0.15) is 5.10 Å². The van der Waals surface area contributed by atoms with Crippen molar-refractivity contribution in [1.29, 1.82) is 0 Å². The van der Waals surface area contributed by atoms with E-state index in [0.717, 1.165) is 0 Å². The predicted octanol–water partition coefficient (Wildman–Crippen LogP) is 3.06. The third-order valence-corrected chi connectivity index (χ3v) is 5.54. The molecule has 1 aromatic heterocycles. The van der Waals surface area contributed by atoms with Crippen molar-refractivity contribution >= 4 is 51.8 Å². The number of carbonyl (C=O) groups is 3. The number of rotatable bonds is 6. The van der Waals surface area contributed by atoms with Crippen LogP contribution in [0, 0.1) is 0 Å². The van der Waals surface area contributed by atoms with Crippen molar-refractivity contribution in [2.75, 3.05) is 15.6 Å². The van der Waals surface area contributed by atoms with E-state index in [-0.39, 0.29) is 18.0 Å². The molecule has 8 nitrogen and oxygen atoms in total. The number of nitrogens with zero attached hydrogens (tertiary/aromatic N) is 2. The normalized spacial score (nSPS) is 15.3. The van der Waals surface area contributed by atoms with E-state index in [9.17, 15) is 14.4 Å². The summed E-state index contributed by atoms with van der Waals surface area (Å²) in [5, 5.41) is 13.2. The van der Waals surface area contributed by atoms with Crippen LogP contribution in [0.5, 0.6) is 0 Å². The Balaban J connectivity index is 1.43. The second-order valence-electron chi connectivity index (χ2n) is 6.81. The van der Waals surface area contributed by atoms with Crippen LogP contribution in [0.2, 0.25) is 0 Å². The van der Waals surface area contributed by atoms with E-state index in [1.165, 1.54) is 16.3 Å². The number of anilines is 3. The Hall–Kier alpha value is -3.98. The van der Waals surface area contributed by atoms with Crippen molar-refractivity contribution in [3.05, 3.63) is 77.0 Å². The zero-order chi connectivity index (χ0) is 21.8. The number of thiophene rings is 1. The number of para-hydroxylation sites is 1. The summed E-state index contributed by atoms with van der Waals surface area (Å²) in [6.07, 6.45) is 0.116. The van der Waals surface area contributed by atoms with Gasteiger partial charge in [-0.3, -0.25) is 19.4 Å². The van der Waals surface area contributed by atoms with Crippen LogP contribution in [0.4, 0.5) is 17.1 Å². The van der Waals surface area contributed by atoms with Crippen LogP contribution >= 0.6 is 11.3 Å². The van der Waals surface area contributed by atoms with Crippen LogP contribution in [0.15, 0.2) is 77.2 Å². The van der Waals surface area contributed by atoms with Crippen LogP contribution in [-0.4, -0.2) is 29.5 Å². The molecule has 4 rings (SSSR count). The highest BCUT2D eigenvalue weighted by atomic mass is 32.1. The Bertz CT molecular complexity index is 1130. The molecule has 2 heterocycles. The highest BCUT2D eigenvalue weighted by Crippen LogP contribution is 2.25. The maximum atomic E-state index is 12.7. The van der Waals surface area contributed by atoms with Crippen LogP contribution in [-0.2, 0) is 9.59 Å². The third kappa shape index (κ3) is 4.62. The molecule has 2 aromatic carbocycles. The average molecular weight is 433 g/mol. The zero-order valence-electron chi connectivity index (χ0n) is 16.3. The molecule has 0 saturated heterocycles. The van der Waals surface area contributed by atoms with Crippen molar-refractivity contribution in [3.63, 3.8) is 0 Å². The summed E-state index contributed by atoms with van der Waals surface area (Å²) in [5.74, 6) is -1.16. The van der Waals surface area contributed by atoms with Gasteiger partial charge in [-0.15, -0.1) is 11.3 Å². The summed E-state index contributed by atoms with van der Waals surface area (Å²) in [6.45, 7) is 0. The second kappa shape index (κ2) is 8.80. The zero-order valence-corrected chi connectivity index (χ0v) is 17.1. The molecule has 156 valence electrons. The standard InChI is InChI=1S/C22H19N5O3S/c23-20(28)18-13-17(26-27(18)16-5-2-1-3-6-16)21(29)24-14-8-10-15(11-9-14)25-22(30)19-7-4-12-31-19/h1-12,18H,13H2,(H2,23,28)(H,24,29)(H,25,30). The van der Waals surface area contributed by atoms with Gasteiger partial charge in [-0.05, 0) is 47.8 Å². The maximum absolute atomic E-state index is 12.7. The molecule has 1 unspecified atom stereocenters. The Morgan fingerprint density at radius 1 is 0.903 bits per heavy atom. The predicted molar refractivity (Wildman–Crippen MR) is 121 cm³/mol. The molecule has 0 aliphatic carbocycles. The van der Waals surface area contributed by atoms with Gasteiger partial charge in [0, 0.05) is 17.8 Å². The van der Waals surface area contributed by atoms with Crippen molar-refractivity contribution in [2.24, 2.45) is 10.8 Å². The molecule has 1 atom stereocenters. The van der Waals surface area contributed by atoms with E-state index < -0.39 is 17.9 Å². The van der Waals surface area contributed by atoms with Gasteiger partial charge in [0.25, 0.3) is 11.8 Å². The number of nitrogens with one attached hydrogen (secondary N) is 2. The van der Waals surface area contributed by atoms with E-state index in [1.807, 2.05) is 29.6 Å². The van der Waals surface area contributed by atoms with Crippen LogP contribution in [0.3, 0.4) is 0 Å². The fraction of sp³-hybridized carbons (Fsp3) is 0.0909. The lowest BCUT2D eigenvalue weighted by Gasteiger charge is -2.20. The molecule has 3 amide bonds. The minimum absolute atomic E-state index is 0.116. The third-order valence-electron chi connectivity index (χ3n) is 4.67. The van der Waals surface area contributed by atoms with Gasteiger partial charge in [-0.25, -0.2) is 0 Å². The number of nitrogens with two attached hydrogens (primary N) is 1. The largest absolute Gasteiger partial charge is 0.368 e. The Morgan fingerprint density at radius 2 is 1.55 bits per heavy atom. The fourth-order valence-corrected chi connectivity index (χ4v) is 3.75. The molecule has 0 spiro atoms. The molecule has 0 saturated carbocycles. The number of hydrazone groups is 1. The first-order valence-electron chi connectivity index (χ1n) is 9.48. The van der Waals surface area contributed by atoms with Gasteiger partial charge in [0.15, 0.2) is 0 Å². The molecule has 9 heteroatoms. The summed E-state index contributed by atoms with van der Waals surface area (Å²) in [7, 11) is 0. The van der Waals surface area contributed by atoms with E-state index in [4.69, 9.17) is 5.73 Å². The highest BCUT2D eigenvalue weighted by Gasteiger charge is 2.34. The monoisotopic (exact) mass is 433 g/mol.